The molecule has 105 heavy (non-hydrogen) atoms. The van der Waals surface area contributed by atoms with Crippen molar-refractivity contribution in [2.45, 2.75) is 424 Å². The number of ether oxygens (including phenoxy) is 4. The van der Waals surface area contributed by atoms with Crippen LogP contribution in [0.25, 0.3) is 0 Å². The standard InChI is InChI=1S/C96H169NO8/c1-6-8-10-12-14-16-18-20-22-24-26-28-30-32-34-36-38-40-42-44-46-47-49-51-53-55-57-59-61-63-65-67-69-71-73-75-77-79-81-83-85-87-94(99)105-92(91-104-96(95(100)101)102-89-88-97(3,4)5)90-103-93(98)86-84-82-80-78-76-74-72-70-68-66-64-62-60-58-56-54-52-50-48-45-43-41-39-37-35-33-31-29-27-25-23-21-19-17-15-13-11-9-7-2/h8,10,14,16,19-22,25-28,32,34,38,40,44,46,49,51,92,96H,6-7,9,11-13,15,17-18,23-24,29-31,33,35-37,39,41-43,45,47-48,50,52-91H2,1-5H3/p+1/b10-8-,16-14-,21-19-,22-20-,27-25-,28-26-,34-32-,40-38-,46-44-,51-49-. The molecule has 0 spiro atoms. The monoisotopic (exact) mass is 1470 g/mol. The number of hydrogen-bond acceptors (Lipinski definition) is 7. The molecule has 2 unspecified atom stereocenters. The van der Waals surface area contributed by atoms with Gasteiger partial charge in [0, 0.05) is 12.8 Å². The van der Waals surface area contributed by atoms with E-state index in [0.717, 1.165) is 96.3 Å². The molecule has 0 bridgehead atoms. The van der Waals surface area contributed by atoms with E-state index < -0.39 is 18.4 Å². The molecule has 0 aliphatic rings. The quantitative estimate of drug-likeness (QED) is 0.0211. The van der Waals surface area contributed by atoms with Gasteiger partial charge in [-0.25, -0.2) is 4.79 Å². The van der Waals surface area contributed by atoms with Crippen molar-refractivity contribution in [3.63, 3.8) is 0 Å². The molecule has 0 heterocycles. The Morgan fingerprint density at radius 1 is 0.295 bits per heavy atom. The van der Waals surface area contributed by atoms with Gasteiger partial charge in [0.15, 0.2) is 6.10 Å². The van der Waals surface area contributed by atoms with Crippen molar-refractivity contribution >= 4 is 17.9 Å². The molecule has 9 heteroatoms. The van der Waals surface area contributed by atoms with E-state index in [1.54, 1.807) is 0 Å². The van der Waals surface area contributed by atoms with Gasteiger partial charge in [0.2, 0.25) is 0 Å². The predicted octanol–water partition coefficient (Wildman–Crippen LogP) is 29.4. The largest absolute Gasteiger partial charge is 0.477 e. The second-order valence-electron chi connectivity index (χ2n) is 31.2. The second-order valence-corrected chi connectivity index (χ2v) is 31.2. The number of unbranched alkanes of at least 4 members (excludes halogenated alkanes) is 48. The van der Waals surface area contributed by atoms with Crippen molar-refractivity contribution in [3.8, 4) is 0 Å². The Hall–Kier alpha value is -4.31. The summed E-state index contributed by atoms with van der Waals surface area (Å²) in [7, 11) is 6.00. The molecule has 0 aliphatic carbocycles. The zero-order chi connectivity index (χ0) is 76.0. The molecule has 0 amide bonds. The van der Waals surface area contributed by atoms with Crippen LogP contribution in [0.15, 0.2) is 122 Å². The Morgan fingerprint density at radius 2 is 0.543 bits per heavy atom. The van der Waals surface area contributed by atoms with Crippen LogP contribution in [0.5, 0.6) is 0 Å². The van der Waals surface area contributed by atoms with Crippen LogP contribution in [-0.2, 0) is 33.3 Å². The third kappa shape index (κ3) is 86.8. The number of hydrogen-bond donors (Lipinski definition) is 1. The summed E-state index contributed by atoms with van der Waals surface area (Å²) < 4.78 is 23.1. The van der Waals surface area contributed by atoms with E-state index in [-0.39, 0.29) is 38.2 Å². The highest BCUT2D eigenvalue weighted by Gasteiger charge is 2.25. The van der Waals surface area contributed by atoms with Gasteiger partial charge in [0.05, 0.1) is 34.4 Å². The average molecular weight is 1470 g/mol. The molecule has 0 aromatic carbocycles. The number of carboxylic acids is 1. The van der Waals surface area contributed by atoms with E-state index in [2.05, 4.69) is 135 Å². The van der Waals surface area contributed by atoms with Crippen molar-refractivity contribution < 1.29 is 42.9 Å². The van der Waals surface area contributed by atoms with Gasteiger partial charge in [-0.15, -0.1) is 0 Å². The van der Waals surface area contributed by atoms with Gasteiger partial charge in [0.1, 0.15) is 13.2 Å². The molecule has 1 N–H and O–H groups in total. The fraction of sp³-hybridized carbons (Fsp3) is 0.760. The first-order valence-corrected chi connectivity index (χ1v) is 44.7. The lowest BCUT2D eigenvalue weighted by atomic mass is 10.0. The maximum Gasteiger partial charge on any atom is 0.361 e. The maximum absolute atomic E-state index is 13.0. The number of carbonyl (C=O) groups is 3. The first kappa shape index (κ1) is 101. The number of carboxylic acid groups (broad SMARTS) is 1. The van der Waals surface area contributed by atoms with Crippen molar-refractivity contribution in [3.05, 3.63) is 122 Å². The van der Waals surface area contributed by atoms with Crippen molar-refractivity contribution in [2.75, 3.05) is 47.5 Å². The molecule has 0 saturated heterocycles. The molecule has 0 aliphatic heterocycles. The number of carbonyl (C=O) groups excluding carboxylic acids is 2. The molecule has 0 saturated carbocycles. The minimum atomic E-state index is -1.51. The van der Waals surface area contributed by atoms with Crippen molar-refractivity contribution in [2.24, 2.45) is 0 Å². The van der Waals surface area contributed by atoms with Gasteiger partial charge in [-0.1, -0.05) is 411 Å². The number of nitrogens with zero attached hydrogens (tertiary/aromatic N) is 1. The number of rotatable bonds is 83. The molecule has 2 atom stereocenters. The van der Waals surface area contributed by atoms with Crippen LogP contribution in [0, 0.1) is 0 Å². The zero-order valence-corrected chi connectivity index (χ0v) is 69.6. The van der Waals surface area contributed by atoms with E-state index in [1.165, 1.54) is 289 Å². The Kier molecular flexibility index (Phi) is 81.8. The Balaban J connectivity index is 3.95. The zero-order valence-electron chi connectivity index (χ0n) is 69.6. The van der Waals surface area contributed by atoms with Gasteiger partial charge < -0.3 is 28.5 Å². The minimum absolute atomic E-state index is 0.181. The Bertz CT molecular complexity index is 2160. The average Bonchev–Trinajstić information content (AvgIpc) is 1.18. The van der Waals surface area contributed by atoms with E-state index >= 15 is 0 Å². The van der Waals surface area contributed by atoms with Crippen LogP contribution in [0.1, 0.15) is 412 Å². The van der Waals surface area contributed by atoms with Gasteiger partial charge in [0.25, 0.3) is 6.29 Å². The number of quaternary nitrogens is 1. The van der Waals surface area contributed by atoms with Crippen molar-refractivity contribution in [1.29, 1.82) is 0 Å². The van der Waals surface area contributed by atoms with E-state index in [9.17, 15) is 19.5 Å². The summed E-state index contributed by atoms with van der Waals surface area (Å²) in [6, 6.07) is 0. The summed E-state index contributed by atoms with van der Waals surface area (Å²) in [6.07, 6.45) is 120. The van der Waals surface area contributed by atoms with Crippen LogP contribution in [0.4, 0.5) is 0 Å². The maximum atomic E-state index is 13.0. The third-order valence-corrected chi connectivity index (χ3v) is 19.7. The summed E-state index contributed by atoms with van der Waals surface area (Å²) in [5.41, 5.74) is 0. The molecular weight excluding hydrogens is 1300 g/mol. The predicted molar refractivity (Wildman–Crippen MR) is 456 cm³/mol. The fourth-order valence-corrected chi connectivity index (χ4v) is 12.9. The van der Waals surface area contributed by atoms with E-state index in [4.69, 9.17) is 18.9 Å². The SMILES string of the molecule is CC/C=C\C/C=C\C/C=C\C/C=C\C/C=C\C/C=C\C/C=C\C/C=C\CCCCCCCCCCCCCCCCCCC(=O)OC(COC(=O)CCCCCCCCCCCCCCCCCCCCCCCCCCCCC/C=C\C/C=C\CCCCCCC)COC(OCC[N+](C)(C)C)C(=O)O. The van der Waals surface area contributed by atoms with Crippen LogP contribution in [0.2, 0.25) is 0 Å². The highest BCUT2D eigenvalue weighted by molar-refractivity contribution is 5.71. The van der Waals surface area contributed by atoms with Gasteiger partial charge in [-0.05, 0) is 109 Å². The Morgan fingerprint density at radius 3 is 0.810 bits per heavy atom. The highest BCUT2D eigenvalue weighted by Crippen LogP contribution is 2.20. The second kappa shape index (κ2) is 85.3. The smallest absolute Gasteiger partial charge is 0.361 e. The first-order chi connectivity index (χ1) is 51.6. The van der Waals surface area contributed by atoms with Crippen LogP contribution >= 0.6 is 0 Å². The molecule has 606 valence electrons. The highest BCUT2D eigenvalue weighted by atomic mass is 16.7. The third-order valence-electron chi connectivity index (χ3n) is 19.7. The number of allylic oxidation sites excluding steroid dienone is 20. The molecule has 0 rings (SSSR count). The summed E-state index contributed by atoms with van der Waals surface area (Å²) in [6.45, 7) is 4.80. The molecular formula is C96H170NO8+. The molecule has 0 fully saturated rings. The van der Waals surface area contributed by atoms with E-state index in [1.807, 2.05) is 21.1 Å². The molecule has 0 radical (unpaired) electrons. The lowest BCUT2D eigenvalue weighted by Crippen LogP contribution is -2.40. The summed E-state index contributed by atoms with van der Waals surface area (Å²) in [5.74, 6) is -1.98. The number of likely N-dealkylation sites (N-methyl/N-ethyl adjacent to an activating group) is 1. The van der Waals surface area contributed by atoms with Gasteiger partial charge in [-0.2, -0.15) is 0 Å². The van der Waals surface area contributed by atoms with E-state index in [0.29, 0.717) is 17.4 Å². The summed E-state index contributed by atoms with van der Waals surface area (Å²) in [4.78, 5) is 37.8. The van der Waals surface area contributed by atoms with Gasteiger partial charge >= 0.3 is 17.9 Å². The topological polar surface area (TPSA) is 108 Å². The molecule has 0 aromatic heterocycles. The summed E-state index contributed by atoms with van der Waals surface area (Å²) >= 11 is 0. The molecule has 9 nitrogen and oxygen atoms in total. The van der Waals surface area contributed by atoms with Crippen LogP contribution in [-0.4, -0.2) is 87.4 Å². The summed E-state index contributed by atoms with van der Waals surface area (Å²) in [5, 5.41) is 9.80. The number of esters is 2. The lowest BCUT2D eigenvalue weighted by molar-refractivity contribution is -0.870. The first-order valence-electron chi connectivity index (χ1n) is 44.7. The normalized spacial score (nSPS) is 13.2. The van der Waals surface area contributed by atoms with Gasteiger partial charge in [-0.3, -0.25) is 9.59 Å². The van der Waals surface area contributed by atoms with Crippen LogP contribution < -0.4 is 0 Å². The Labute approximate surface area is 650 Å². The molecule has 0 aromatic rings. The fourth-order valence-electron chi connectivity index (χ4n) is 12.9. The van der Waals surface area contributed by atoms with Crippen LogP contribution in [0.3, 0.4) is 0 Å². The van der Waals surface area contributed by atoms with Crippen molar-refractivity contribution in [1.82, 2.24) is 0 Å². The lowest BCUT2D eigenvalue weighted by Gasteiger charge is -2.25. The number of aliphatic carboxylic acids is 1. The minimum Gasteiger partial charge on any atom is -0.477 e.